The standard InChI is InChI=1S/C15H19N3O2S/c1-8-4-12(10(3)20-8)13-7-21-15(17-13)18-14(19)9(2)11-5-16-6-11/h4,7,9,11,16H,5-6H2,1-3H3,(H,17,18,19). The second-order valence-electron chi connectivity index (χ2n) is 5.56. The highest BCUT2D eigenvalue weighted by Crippen LogP contribution is 2.30. The molecule has 1 amide bonds. The Morgan fingerprint density at radius 2 is 2.29 bits per heavy atom. The summed E-state index contributed by atoms with van der Waals surface area (Å²) in [6, 6.07) is 1.97. The fourth-order valence-electron chi connectivity index (χ4n) is 2.44. The molecule has 0 saturated carbocycles. The second-order valence-corrected chi connectivity index (χ2v) is 6.42. The van der Waals surface area contributed by atoms with Crippen molar-refractivity contribution in [2.24, 2.45) is 11.8 Å². The maximum atomic E-state index is 12.2. The molecule has 0 spiro atoms. The van der Waals surface area contributed by atoms with Gasteiger partial charge in [0.1, 0.15) is 11.5 Å². The highest BCUT2D eigenvalue weighted by Gasteiger charge is 2.29. The van der Waals surface area contributed by atoms with Gasteiger partial charge < -0.3 is 15.1 Å². The highest BCUT2D eigenvalue weighted by atomic mass is 32.1. The van der Waals surface area contributed by atoms with Crippen LogP contribution in [0.15, 0.2) is 15.9 Å². The molecule has 1 saturated heterocycles. The fourth-order valence-corrected chi connectivity index (χ4v) is 3.15. The first-order valence-electron chi connectivity index (χ1n) is 7.09. The number of furan rings is 1. The number of nitrogens with zero attached hydrogens (tertiary/aromatic N) is 1. The van der Waals surface area contributed by atoms with Crippen LogP contribution in [0.4, 0.5) is 5.13 Å². The van der Waals surface area contributed by atoms with E-state index in [0.29, 0.717) is 11.0 Å². The maximum absolute atomic E-state index is 12.2. The van der Waals surface area contributed by atoms with Crippen molar-refractivity contribution in [3.63, 3.8) is 0 Å². The van der Waals surface area contributed by atoms with E-state index in [1.165, 1.54) is 11.3 Å². The third-order valence-electron chi connectivity index (χ3n) is 3.98. The molecule has 21 heavy (non-hydrogen) atoms. The molecule has 1 aliphatic rings. The minimum Gasteiger partial charge on any atom is -0.466 e. The fraction of sp³-hybridized carbons (Fsp3) is 0.467. The van der Waals surface area contributed by atoms with Crippen LogP contribution in [0.2, 0.25) is 0 Å². The summed E-state index contributed by atoms with van der Waals surface area (Å²) in [6.07, 6.45) is 0. The van der Waals surface area contributed by atoms with Gasteiger partial charge in [-0.3, -0.25) is 4.79 Å². The van der Waals surface area contributed by atoms with Crippen LogP contribution in [-0.2, 0) is 4.79 Å². The molecule has 0 bridgehead atoms. The highest BCUT2D eigenvalue weighted by molar-refractivity contribution is 7.14. The minimum absolute atomic E-state index is 0.0107. The predicted molar refractivity (Wildman–Crippen MR) is 83.4 cm³/mol. The van der Waals surface area contributed by atoms with Crippen LogP contribution in [0, 0.1) is 25.7 Å². The third-order valence-corrected chi connectivity index (χ3v) is 4.74. The van der Waals surface area contributed by atoms with Crippen molar-refractivity contribution in [1.82, 2.24) is 10.3 Å². The number of hydrogen-bond acceptors (Lipinski definition) is 5. The lowest BCUT2D eigenvalue weighted by molar-refractivity contribution is -0.121. The van der Waals surface area contributed by atoms with E-state index < -0.39 is 0 Å². The van der Waals surface area contributed by atoms with E-state index >= 15 is 0 Å². The molecule has 1 unspecified atom stereocenters. The van der Waals surface area contributed by atoms with Crippen LogP contribution in [0.1, 0.15) is 18.4 Å². The summed E-state index contributed by atoms with van der Waals surface area (Å²) in [5, 5.41) is 8.70. The number of carbonyl (C=O) groups excluding carboxylic acids is 1. The predicted octanol–water partition coefficient (Wildman–Crippen LogP) is 2.81. The molecule has 112 valence electrons. The average Bonchev–Trinajstić information content (AvgIpc) is 2.93. The van der Waals surface area contributed by atoms with Gasteiger partial charge in [-0.1, -0.05) is 6.92 Å². The lowest BCUT2D eigenvalue weighted by Gasteiger charge is -2.31. The van der Waals surface area contributed by atoms with Gasteiger partial charge in [-0.15, -0.1) is 11.3 Å². The smallest absolute Gasteiger partial charge is 0.229 e. The number of amides is 1. The van der Waals surface area contributed by atoms with Crippen molar-refractivity contribution < 1.29 is 9.21 Å². The van der Waals surface area contributed by atoms with Gasteiger partial charge in [0.15, 0.2) is 5.13 Å². The van der Waals surface area contributed by atoms with E-state index in [0.717, 1.165) is 35.9 Å². The molecule has 1 aliphatic heterocycles. The first-order valence-corrected chi connectivity index (χ1v) is 7.97. The zero-order valence-corrected chi connectivity index (χ0v) is 13.2. The van der Waals surface area contributed by atoms with Crippen LogP contribution in [0.5, 0.6) is 0 Å². The topological polar surface area (TPSA) is 67.2 Å². The van der Waals surface area contributed by atoms with E-state index in [-0.39, 0.29) is 11.8 Å². The Bertz CT molecular complexity index is 658. The van der Waals surface area contributed by atoms with E-state index in [1.54, 1.807) is 0 Å². The summed E-state index contributed by atoms with van der Waals surface area (Å²) in [4.78, 5) is 16.7. The Kier molecular flexibility index (Phi) is 3.82. The lowest BCUT2D eigenvalue weighted by atomic mass is 9.88. The molecule has 5 nitrogen and oxygen atoms in total. The van der Waals surface area contributed by atoms with Crippen LogP contribution in [-0.4, -0.2) is 24.0 Å². The molecule has 2 aromatic heterocycles. The van der Waals surface area contributed by atoms with Gasteiger partial charge in [0.25, 0.3) is 0 Å². The SMILES string of the molecule is Cc1cc(-c2csc(NC(=O)C(C)C3CNC3)n2)c(C)o1. The lowest BCUT2D eigenvalue weighted by Crippen LogP contribution is -2.48. The van der Waals surface area contributed by atoms with E-state index in [1.807, 2.05) is 32.2 Å². The van der Waals surface area contributed by atoms with Gasteiger partial charge in [0.2, 0.25) is 5.91 Å². The molecule has 3 rings (SSSR count). The number of carbonyl (C=O) groups is 1. The first kappa shape index (κ1) is 14.3. The molecule has 0 radical (unpaired) electrons. The first-order chi connectivity index (χ1) is 10.0. The average molecular weight is 305 g/mol. The molecule has 3 heterocycles. The van der Waals surface area contributed by atoms with Crippen molar-refractivity contribution in [3.05, 3.63) is 23.0 Å². The summed E-state index contributed by atoms with van der Waals surface area (Å²) in [5.41, 5.74) is 1.84. The Hall–Kier alpha value is -1.66. The number of anilines is 1. The maximum Gasteiger partial charge on any atom is 0.229 e. The number of nitrogens with one attached hydrogen (secondary N) is 2. The number of hydrogen-bond donors (Lipinski definition) is 2. The summed E-state index contributed by atoms with van der Waals surface area (Å²) in [5.74, 6) is 2.21. The van der Waals surface area contributed by atoms with E-state index in [9.17, 15) is 4.79 Å². The van der Waals surface area contributed by atoms with Crippen LogP contribution >= 0.6 is 11.3 Å². The van der Waals surface area contributed by atoms with Crippen molar-refractivity contribution in [2.75, 3.05) is 18.4 Å². The molecule has 2 N–H and O–H groups in total. The molecule has 0 aromatic carbocycles. The zero-order chi connectivity index (χ0) is 15.0. The van der Waals surface area contributed by atoms with Crippen molar-refractivity contribution in [3.8, 4) is 11.3 Å². The van der Waals surface area contributed by atoms with Gasteiger partial charge in [0.05, 0.1) is 5.69 Å². The van der Waals surface area contributed by atoms with Gasteiger partial charge >= 0.3 is 0 Å². The molecule has 0 aliphatic carbocycles. The molecule has 2 aromatic rings. The third kappa shape index (κ3) is 2.87. The molecule has 6 heteroatoms. The summed E-state index contributed by atoms with van der Waals surface area (Å²) in [6.45, 7) is 7.65. The monoisotopic (exact) mass is 305 g/mol. The normalized spacial score (nSPS) is 16.5. The van der Waals surface area contributed by atoms with Gasteiger partial charge in [-0.25, -0.2) is 4.98 Å². The summed E-state index contributed by atoms with van der Waals surface area (Å²) in [7, 11) is 0. The van der Waals surface area contributed by atoms with Gasteiger partial charge in [-0.05, 0) is 38.9 Å². The van der Waals surface area contributed by atoms with Gasteiger partial charge in [-0.2, -0.15) is 0 Å². The quantitative estimate of drug-likeness (QED) is 0.911. The van der Waals surface area contributed by atoms with Crippen molar-refractivity contribution in [2.45, 2.75) is 20.8 Å². The molecule has 1 fully saturated rings. The van der Waals surface area contributed by atoms with Crippen LogP contribution in [0.3, 0.4) is 0 Å². The number of rotatable bonds is 4. The van der Waals surface area contributed by atoms with Gasteiger partial charge in [0, 0.05) is 16.9 Å². The number of aromatic nitrogens is 1. The Balaban J connectivity index is 1.70. The Morgan fingerprint density at radius 3 is 2.86 bits per heavy atom. The molecular weight excluding hydrogens is 286 g/mol. The van der Waals surface area contributed by atoms with E-state index in [2.05, 4.69) is 15.6 Å². The minimum atomic E-state index is 0.0107. The Morgan fingerprint density at radius 1 is 1.52 bits per heavy atom. The summed E-state index contributed by atoms with van der Waals surface area (Å²) < 4.78 is 5.52. The van der Waals surface area contributed by atoms with Crippen LogP contribution in [0.25, 0.3) is 11.3 Å². The molecular formula is C15H19N3O2S. The van der Waals surface area contributed by atoms with E-state index in [4.69, 9.17) is 4.42 Å². The second kappa shape index (κ2) is 5.61. The number of aryl methyl sites for hydroxylation is 2. The van der Waals surface area contributed by atoms with Crippen molar-refractivity contribution >= 4 is 22.4 Å². The molecule has 1 atom stereocenters. The zero-order valence-electron chi connectivity index (χ0n) is 12.4. The van der Waals surface area contributed by atoms with Crippen LogP contribution < -0.4 is 10.6 Å². The summed E-state index contributed by atoms with van der Waals surface area (Å²) >= 11 is 1.45. The number of thiazole rings is 1. The van der Waals surface area contributed by atoms with Crippen molar-refractivity contribution in [1.29, 1.82) is 0 Å². The Labute approximate surface area is 127 Å². The largest absolute Gasteiger partial charge is 0.466 e.